The molecule has 0 spiro atoms. The molecule has 0 atom stereocenters. The first-order chi connectivity index (χ1) is 11.2. The number of nitrogens with one attached hydrogen (secondary N) is 1. The predicted octanol–water partition coefficient (Wildman–Crippen LogP) is 2.98. The smallest absolute Gasteiger partial charge is 0.317 e. The highest BCUT2D eigenvalue weighted by atomic mass is 32.2. The molecule has 1 heterocycles. The third-order valence-corrected chi connectivity index (χ3v) is 4.53. The fourth-order valence-electron chi connectivity index (χ4n) is 2.19. The summed E-state index contributed by atoms with van der Waals surface area (Å²) >= 11 is 1.82. The van der Waals surface area contributed by atoms with Gasteiger partial charge in [-0.15, -0.1) is 0 Å². The van der Waals surface area contributed by atoms with Gasteiger partial charge in [-0.2, -0.15) is 11.8 Å². The Morgan fingerprint density at radius 3 is 2.87 bits per heavy atom. The van der Waals surface area contributed by atoms with Crippen LogP contribution in [0.25, 0.3) is 0 Å². The van der Waals surface area contributed by atoms with Gasteiger partial charge in [0, 0.05) is 44.0 Å². The maximum Gasteiger partial charge on any atom is 0.317 e. The van der Waals surface area contributed by atoms with Crippen LogP contribution in [0.3, 0.4) is 0 Å². The lowest BCUT2D eigenvalue weighted by Gasteiger charge is -2.18. The normalized spacial score (nSPS) is 10.5. The Morgan fingerprint density at radius 2 is 2.13 bits per heavy atom. The second-order valence-electron chi connectivity index (χ2n) is 5.26. The summed E-state index contributed by atoms with van der Waals surface area (Å²) < 4.78 is 2.04. The number of thioether (sulfide) groups is 1. The van der Waals surface area contributed by atoms with Crippen molar-refractivity contribution < 1.29 is 4.79 Å². The number of rotatable bonds is 8. The molecule has 23 heavy (non-hydrogen) atoms. The number of imidazole rings is 1. The molecule has 2 amide bonds. The number of aromatic nitrogens is 2. The summed E-state index contributed by atoms with van der Waals surface area (Å²) in [4.78, 5) is 18.0. The molecular weight excluding hydrogens is 308 g/mol. The van der Waals surface area contributed by atoms with Gasteiger partial charge in [0.15, 0.2) is 0 Å². The molecule has 1 aromatic carbocycles. The molecule has 2 aromatic rings. The van der Waals surface area contributed by atoms with Gasteiger partial charge in [-0.05, 0) is 12.5 Å². The topological polar surface area (TPSA) is 50.2 Å². The molecule has 2 rings (SSSR count). The number of aryl methyl sites for hydroxylation is 1. The molecule has 0 radical (unpaired) electrons. The monoisotopic (exact) mass is 332 g/mol. The molecule has 124 valence electrons. The van der Waals surface area contributed by atoms with E-state index < -0.39 is 0 Å². The van der Waals surface area contributed by atoms with Crippen LogP contribution < -0.4 is 5.32 Å². The van der Waals surface area contributed by atoms with E-state index in [1.54, 1.807) is 18.1 Å². The molecule has 0 saturated carbocycles. The van der Waals surface area contributed by atoms with Crippen LogP contribution in [0, 0.1) is 0 Å². The number of carbonyl (C=O) groups excluding carboxylic acids is 1. The van der Waals surface area contributed by atoms with Crippen LogP contribution in [0.15, 0.2) is 42.7 Å². The number of hydrogen-bond acceptors (Lipinski definition) is 3. The summed E-state index contributed by atoms with van der Waals surface area (Å²) in [5.74, 6) is 2.78. The van der Waals surface area contributed by atoms with Crippen molar-refractivity contribution in [3.63, 3.8) is 0 Å². The van der Waals surface area contributed by atoms with Crippen molar-refractivity contribution >= 4 is 17.8 Å². The summed E-state index contributed by atoms with van der Waals surface area (Å²) in [6, 6.07) is 10.3. The van der Waals surface area contributed by atoms with Gasteiger partial charge in [0.1, 0.15) is 5.82 Å². The zero-order chi connectivity index (χ0) is 16.5. The highest BCUT2D eigenvalue weighted by Crippen LogP contribution is 2.10. The van der Waals surface area contributed by atoms with Crippen molar-refractivity contribution in [2.24, 2.45) is 0 Å². The van der Waals surface area contributed by atoms with Crippen LogP contribution in [-0.4, -0.2) is 39.8 Å². The molecule has 6 heteroatoms. The van der Waals surface area contributed by atoms with E-state index in [-0.39, 0.29) is 6.03 Å². The number of carbonyl (C=O) groups is 1. The first kappa shape index (κ1) is 17.4. The van der Waals surface area contributed by atoms with E-state index in [4.69, 9.17) is 0 Å². The van der Waals surface area contributed by atoms with Gasteiger partial charge < -0.3 is 14.8 Å². The summed E-state index contributed by atoms with van der Waals surface area (Å²) in [5, 5.41) is 2.95. The molecule has 0 aliphatic heterocycles. The van der Waals surface area contributed by atoms with Crippen LogP contribution in [0.1, 0.15) is 18.3 Å². The van der Waals surface area contributed by atoms with Gasteiger partial charge in [0.2, 0.25) is 0 Å². The van der Waals surface area contributed by atoms with Crippen LogP contribution in [0.4, 0.5) is 4.79 Å². The number of urea groups is 1. The van der Waals surface area contributed by atoms with Gasteiger partial charge in [-0.3, -0.25) is 0 Å². The fourth-order valence-corrected chi connectivity index (χ4v) is 3.01. The number of amides is 2. The highest BCUT2D eigenvalue weighted by molar-refractivity contribution is 7.98. The molecule has 0 aliphatic rings. The maximum absolute atomic E-state index is 12.1. The van der Waals surface area contributed by atoms with Crippen LogP contribution in [-0.2, 0) is 18.8 Å². The summed E-state index contributed by atoms with van der Waals surface area (Å²) in [6.45, 7) is 4.11. The van der Waals surface area contributed by atoms with Crippen molar-refractivity contribution in [1.29, 1.82) is 0 Å². The predicted molar refractivity (Wildman–Crippen MR) is 95.4 cm³/mol. The first-order valence-corrected chi connectivity index (χ1v) is 8.96. The molecule has 0 unspecified atom stereocenters. The minimum atomic E-state index is -0.0593. The largest absolute Gasteiger partial charge is 0.337 e. The first-order valence-electron chi connectivity index (χ1n) is 7.81. The van der Waals surface area contributed by atoms with E-state index in [2.05, 4.69) is 29.4 Å². The SMILES string of the molecule is CCn1ccnc1CN(C)C(=O)NCCSCc1ccccc1. The zero-order valence-electron chi connectivity index (χ0n) is 13.7. The van der Waals surface area contributed by atoms with Crippen LogP contribution in [0.5, 0.6) is 0 Å². The highest BCUT2D eigenvalue weighted by Gasteiger charge is 2.11. The van der Waals surface area contributed by atoms with E-state index in [0.29, 0.717) is 13.1 Å². The lowest BCUT2D eigenvalue weighted by molar-refractivity contribution is 0.206. The Hall–Kier alpha value is -1.95. The maximum atomic E-state index is 12.1. The van der Waals surface area contributed by atoms with Crippen LogP contribution in [0.2, 0.25) is 0 Å². The second kappa shape index (κ2) is 9.25. The number of benzene rings is 1. The minimum absolute atomic E-state index is 0.0593. The van der Waals surface area contributed by atoms with Crippen molar-refractivity contribution in [1.82, 2.24) is 19.8 Å². The van der Waals surface area contributed by atoms with Gasteiger partial charge in [-0.25, -0.2) is 9.78 Å². The Labute approximate surface area is 142 Å². The summed E-state index contributed by atoms with van der Waals surface area (Å²) in [5.41, 5.74) is 1.31. The average Bonchev–Trinajstić information content (AvgIpc) is 3.02. The Balaban J connectivity index is 1.64. The van der Waals surface area contributed by atoms with Crippen LogP contribution >= 0.6 is 11.8 Å². The minimum Gasteiger partial charge on any atom is -0.337 e. The Kier molecular flexibility index (Phi) is 7.00. The number of nitrogens with zero attached hydrogens (tertiary/aromatic N) is 3. The van der Waals surface area contributed by atoms with Crippen molar-refractivity contribution in [3.8, 4) is 0 Å². The third-order valence-electron chi connectivity index (χ3n) is 3.50. The lowest BCUT2D eigenvalue weighted by Crippen LogP contribution is -2.38. The van der Waals surface area contributed by atoms with E-state index >= 15 is 0 Å². The Bertz CT molecular complexity index is 600. The fraction of sp³-hybridized carbons (Fsp3) is 0.412. The lowest BCUT2D eigenvalue weighted by atomic mass is 10.2. The van der Waals surface area contributed by atoms with E-state index in [1.165, 1.54) is 5.56 Å². The quantitative estimate of drug-likeness (QED) is 0.756. The Morgan fingerprint density at radius 1 is 1.35 bits per heavy atom. The van der Waals surface area contributed by atoms with E-state index in [9.17, 15) is 4.79 Å². The van der Waals surface area contributed by atoms with Gasteiger partial charge >= 0.3 is 6.03 Å². The van der Waals surface area contributed by atoms with Gasteiger partial charge in [-0.1, -0.05) is 30.3 Å². The molecule has 1 aromatic heterocycles. The number of hydrogen-bond donors (Lipinski definition) is 1. The van der Waals surface area contributed by atoms with Crippen molar-refractivity contribution in [3.05, 3.63) is 54.1 Å². The standard InChI is InChI=1S/C17H24N4OS/c1-3-21-11-9-18-16(21)13-20(2)17(22)19-10-12-23-14-15-7-5-4-6-8-15/h4-9,11H,3,10,12-14H2,1-2H3,(H,19,22). The summed E-state index contributed by atoms with van der Waals surface area (Å²) in [7, 11) is 1.79. The molecule has 1 N–H and O–H groups in total. The van der Waals surface area contributed by atoms with Gasteiger partial charge in [0.05, 0.1) is 6.54 Å². The van der Waals surface area contributed by atoms with Crippen molar-refractivity contribution in [2.45, 2.75) is 25.8 Å². The van der Waals surface area contributed by atoms with Gasteiger partial charge in [0.25, 0.3) is 0 Å². The molecular formula is C17H24N4OS. The molecule has 5 nitrogen and oxygen atoms in total. The second-order valence-corrected chi connectivity index (χ2v) is 6.36. The van der Waals surface area contributed by atoms with Crippen molar-refractivity contribution in [2.75, 3.05) is 19.3 Å². The molecule has 0 fully saturated rings. The average molecular weight is 332 g/mol. The van der Waals surface area contributed by atoms with E-state index in [0.717, 1.165) is 23.9 Å². The zero-order valence-corrected chi connectivity index (χ0v) is 14.6. The molecule has 0 bridgehead atoms. The molecule has 0 saturated heterocycles. The summed E-state index contributed by atoms with van der Waals surface area (Å²) in [6.07, 6.45) is 3.70. The molecule has 0 aliphatic carbocycles. The third kappa shape index (κ3) is 5.63. The van der Waals surface area contributed by atoms with E-state index in [1.807, 2.05) is 40.7 Å².